The number of nitrogens with zero attached hydrogens (tertiary/aromatic N) is 2. The Labute approximate surface area is 117 Å². The Hall–Kier alpha value is -1.27. The predicted octanol–water partition coefficient (Wildman–Crippen LogP) is 2.74. The van der Waals surface area contributed by atoms with Crippen molar-refractivity contribution in [3.8, 4) is 0 Å². The van der Waals surface area contributed by atoms with Gasteiger partial charge in [-0.15, -0.1) is 0 Å². The summed E-state index contributed by atoms with van der Waals surface area (Å²) in [6.45, 7) is 5.65. The highest BCUT2D eigenvalue weighted by Crippen LogP contribution is 2.36. The molecule has 3 nitrogen and oxygen atoms in total. The Kier molecular flexibility index (Phi) is 4.88. The van der Waals surface area contributed by atoms with Crippen molar-refractivity contribution < 1.29 is 13.2 Å². The molecule has 0 atom stereocenters. The molecule has 0 aliphatic carbocycles. The van der Waals surface area contributed by atoms with Gasteiger partial charge in [0.15, 0.2) is 0 Å². The number of hydrogen-bond acceptors (Lipinski definition) is 3. The molecule has 1 fully saturated rings. The van der Waals surface area contributed by atoms with Crippen LogP contribution in [0.3, 0.4) is 0 Å². The molecule has 1 saturated heterocycles. The van der Waals surface area contributed by atoms with Gasteiger partial charge in [-0.05, 0) is 18.6 Å². The summed E-state index contributed by atoms with van der Waals surface area (Å²) >= 11 is 0. The summed E-state index contributed by atoms with van der Waals surface area (Å²) in [7, 11) is 0. The highest BCUT2D eigenvalue weighted by atomic mass is 19.4. The second-order valence-electron chi connectivity index (χ2n) is 4.90. The molecule has 1 aromatic carbocycles. The smallest absolute Gasteiger partial charge is 0.368 e. The fraction of sp³-hybridized carbons (Fsp3) is 0.571. The first-order valence-corrected chi connectivity index (χ1v) is 6.92. The summed E-state index contributed by atoms with van der Waals surface area (Å²) in [5.41, 5.74) is 3.01. The highest BCUT2D eigenvalue weighted by Gasteiger charge is 2.35. The van der Waals surface area contributed by atoms with E-state index in [0.717, 1.165) is 32.1 Å². The van der Waals surface area contributed by atoms with E-state index in [-0.39, 0.29) is 5.69 Å². The van der Waals surface area contributed by atoms with Crippen LogP contribution in [0.2, 0.25) is 0 Å². The van der Waals surface area contributed by atoms with Crippen LogP contribution in [0.25, 0.3) is 0 Å². The van der Waals surface area contributed by atoms with Crippen molar-refractivity contribution in [2.45, 2.75) is 19.5 Å². The molecule has 1 heterocycles. The molecular weight excluding hydrogens is 267 g/mol. The van der Waals surface area contributed by atoms with Crippen molar-refractivity contribution in [2.75, 3.05) is 37.6 Å². The SMILES string of the molecule is CCCNN1CCN(c2ccccc2C(F)(F)F)CC1. The molecule has 0 radical (unpaired) electrons. The minimum Gasteiger partial charge on any atom is -0.368 e. The lowest BCUT2D eigenvalue weighted by molar-refractivity contribution is -0.137. The molecule has 1 aromatic rings. The third kappa shape index (κ3) is 3.64. The Bertz CT molecular complexity index is 426. The molecule has 0 spiro atoms. The zero-order valence-corrected chi connectivity index (χ0v) is 11.6. The molecular formula is C14H20F3N3. The van der Waals surface area contributed by atoms with E-state index >= 15 is 0 Å². The zero-order valence-electron chi connectivity index (χ0n) is 11.6. The quantitative estimate of drug-likeness (QED) is 0.918. The molecule has 20 heavy (non-hydrogen) atoms. The number of anilines is 1. The molecule has 112 valence electrons. The number of nitrogens with one attached hydrogen (secondary N) is 1. The number of halogens is 3. The van der Waals surface area contributed by atoms with Gasteiger partial charge >= 0.3 is 6.18 Å². The zero-order chi connectivity index (χ0) is 14.6. The van der Waals surface area contributed by atoms with Gasteiger partial charge in [0.2, 0.25) is 0 Å². The van der Waals surface area contributed by atoms with Crippen LogP contribution in [0.1, 0.15) is 18.9 Å². The molecule has 1 aliphatic rings. The van der Waals surface area contributed by atoms with Gasteiger partial charge in [-0.2, -0.15) is 13.2 Å². The molecule has 2 rings (SSSR count). The van der Waals surface area contributed by atoms with Gasteiger partial charge in [0.25, 0.3) is 0 Å². The number of rotatable bonds is 4. The summed E-state index contributed by atoms with van der Waals surface area (Å²) < 4.78 is 39.0. The van der Waals surface area contributed by atoms with Gasteiger partial charge in [0.05, 0.1) is 5.56 Å². The molecule has 0 aromatic heterocycles. The third-order valence-corrected chi connectivity index (χ3v) is 3.42. The van der Waals surface area contributed by atoms with E-state index in [1.54, 1.807) is 12.1 Å². The van der Waals surface area contributed by atoms with Crippen LogP contribution in [0.15, 0.2) is 24.3 Å². The minimum absolute atomic E-state index is 0.287. The first-order valence-electron chi connectivity index (χ1n) is 6.92. The van der Waals surface area contributed by atoms with Crippen LogP contribution in [-0.4, -0.2) is 37.7 Å². The summed E-state index contributed by atoms with van der Waals surface area (Å²) in [5.74, 6) is 0. The van der Waals surface area contributed by atoms with Gasteiger partial charge in [-0.25, -0.2) is 5.01 Å². The van der Waals surface area contributed by atoms with Crippen LogP contribution in [0.5, 0.6) is 0 Å². The van der Waals surface area contributed by atoms with Crippen molar-refractivity contribution >= 4 is 5.69 Å². The van der Waals surface area contributed by atoms with Crippen molar-refractivity contribution in [1.82, 2.24) is 10.4 Å². The largest absolute Gasteiger partial charge is 0.418 e. The first kappa shape index (κ1) is 15.1. The topological polar surface area (TPSA) is 18.5 Å². The van der Waals surface area contributed by atoms with Crippen LogP contribution >= 0.6 is 0 Å². The standard InChI is InChI=1S/C14H20F3N3/c1-2-7-18-20-10-8-19(9-11-20)13-6-4-3-5-12(13)14(15,16)17/h3-6,18H,2,7-11H2,1H3. The van der Waals surface area contributed by atoms with Gasteiger partial charge in [0.1, 0.15) is 0 Å². The van der Waals surface area contributed by atoms with E-state index in [2.05, 4.69) is 17.4 Å². The fourth-order valence-electron chi connectivity index (χ4n) is 2.36. The summed E-state index contributed by atoms with van der Waals surface area (Å²) in [5, 5.41) is 2.08. The van der Waals surface area contributed by atoms with E-state index in [1.165, 1.54) is 6.07 Å². The fourth-order valence-corrected chi connectivity index (χ4v) is 2.36. The number of hydrogen-bond donors (Lipinski definition) is 1. The van der Waals surface area contributed by atoms with E-state index in [9.17, 15) is 13.2 Å². The van der Waals surface area contributed by atoms with Gasteiger partial charge < -0.3 is 4.90 Å². The maximum absolute atomic E-state index is 13.0. The Morgan fingerprint density at radius 3 is 2.35 bits per heavy atom. The number of alkyl halides is 3. The monoisotopic (exact) mass is 287 g/mol. The van der Waals surface area contributed by atoms with Crippen LogP contribution in [0, 0.1) is 0 Å². The molecule has 1 N–H and O–H groups in total. The van der Waals surface area contributed by atoms with Crippen LogP contribution in [0.4, 0.5) is 18.9 Å². The van der Waals surface area contributed by atoms with Crippen molar-refractivity contribution in [1.29, 1.82) is 0 Å². The average Bonchev–Trinajstić information content (AvgIpc) is 2.45. The number of piperazine rings is 1. The Balaban J connectivity index is 2.04. The highest BCUT2D eigenvalue weighted by molar-refractivity contribution is 5.55. The maximum Gasteiger partial charge on any atom is 0.418 e. The Morgan fingerprint density at radius 1 is 1.10 bits per heavy atom. The summed E-state index contributed by atoms with van der Waals surface area (Å²) in [6.07, 6.45) is -3.26. The normalized spacial score (nSPS) is 17.5. The molecule has 0 unspecified atom stereocenters. The molecule has 0 bridgehead atoms. The van der Waals surface area contributed by atoms with E-state index in [1.807, 2.05) is 4.90 Å². The van der Waals surface area contributed by atoms with Crippen molar-refractivity contribution in [3.63, 3.8) is 0 Å². The molecule has 6 heteroatoms. The lowest BCUT2D eigenvalue weighted by Crippen LogP contribution is -2.52. The molecule has 1 aliphatic heterocycles. The first-order chi connectivity index (χ1) is 9.52. The van der Waals surface area contributed by atoms with Gasteiger partial charge in [-0.1, -0.05) is 19.1 Å². The molecule has 0 amide bonds. The van der Waals surface area contributed by atoms with Crippen molar-refractivity contribution in [3.05, 3.63) is 29.8 Å². The van der Waals surface area contributed by atoms with Gasteiger partial charge in [-0.3, -0.25) is 5.43 Å². The Morgan fingerprint density at radius 2 is 1.75 bits per heavy atom. The number of benzene rings is 1. The van der Waals surface area contributed by atoms with Crippen LogP contribution in [-0.2, 0) is 6.18 Å². The lowest BCUT2D eigenvalue weighted by Gasteiger charge is -2.37. The second-order valence-corrected chi connectivity index (χ2v) is 4.90. The molecule has 0 saturated carbocycles. The van der Waals surface area contributed by atoms with Gasteiger partial charge in [0, 0.05) is 38.4 Å². The number of hydrazine groups is 1. The summed E-state index contributed by atoms with van der Waals surface area (Å²) in [4.78, 5) is 1.81. The van der Waals surface area contributed by atoms with E-state index < -0.39 is 11.7 Å². The lowest BCUT2D eigenvalue weighted by atomic mass is 10.1. The second kappa shape index (κ2) is 6.45. The van der Waals surface area contributed by atoms with Crippen molar-refractivity contribution in [2.24, 2.45) is 0 Å². The predicted molar refractivity (Wildman–Crippen MR) is 73.5 cm³/mol. The number of para-hydroxylation sites is 1. The summed E-state index contributed by atoms with van der Waals surface area (Å²) in [6, 6.07) is 5.80. The third-order valence-electron chi connectivity index (χ3n) is 3.42. The maximum atomic E-state index is 13.0. The van der Waals surface area contributed by atoms with Crippen LogP contribution < -0.4 is 10.3 Å². The average molecular weight is 287 g/mol. The van der Waals surface area contributed by atoms with E-state index in [0.29, 0.717) is 13.1 Å². The minimum atomic E-state index is -4.30. The van der Waals surface area contributed by atoms with E-state index in [4.69, 9.17) is 0 Å².